The zero-order chi connectivity index (χ0) is 16.5. The minimum absolute atomic E-state index is 0.0231. The van der Waals surface area contributed by atoms with Gasteiger partial charge in [0.1, 0.15) is 0 Å². The van der Waals surface area contributed by atoms with E-state index in [9.17, 15) is 31.1 Å². The molecule has 1 aromatic rings. The molecule has 0 spiro atoms. The molecule has 10 heteroatoms. The number of para-hydroxylation sites is 1. The van der Waals surface area contributed by atoms with Crippen molar-refractivity contribution >= 4 is 24.3 Å². The highest BCUT2D eigenvalue weighted by atomic mass is 32.1. The molecule has 21 heavy (non-hydrogen) atoms. The number of benzene rings is 1. The van der Waals surface area contributed by atoms with Crippen molar-refractivity contribution in [3.63, 3.8) is 0 Å². The van der Waals surface area contributed by atoms with Gasteiger partial charge < -0.3 is 10.6 Å². The van der Waals surface area contributed by atoms with Crippen molar-refractivity contribution in [2.45, 2.75) is 29.7 Å². The number of hydrogen-bond acceptors (Lipinski definition) is 2. The van der Waals surface area contributed by atoms with Crippen LogP contribution in [0.15, 0.2) is 29.2 Å². The number of carbonyl (C=O) groups is 1. The molecule has 0 aromatic heterocycles. The molecule has 2 N–H and O–H groups in total. The van der Waals surface area contributed by atoms with Crippen LogP contribution < -0.4 is 10.6 Å². The lowest BCUT2D eigenvalue weighted by Crippen LogP contribution is -2.66. The summed E-state index contributed by atoms with van der Waals surface area (Å²) in [6, 6.07) is 4.00. The van der Waals surface area contributed by atoms with Crippen LogP contribution >= 0.6 is 12.6 Å². The number of alkyl halides is 6. The van der Waals surface area contributed by atoms with Crippen LogP contribution in [-0.2, 0) is 0 Å². The third-order valence-electron chi connectivity index (χ3n) is 2.65. The second-order valence-corrected chi connectivity index (χ2v) is 4.70. The first-order chi connectivity index (χ1) is 9.38. The Morgan fingerprint density at radius 3 is 1.95 bits per heavy atom. The van der Waals surface area contributed by atoms with Crippen LogP contribution in [-0.4, -0.2) is 23.9 Å². The van der Waals surface area contributed by atoms with Gasteiger partial charge in [-0.05, 0) is 19.1 Å². The SMILES string of the molecule is CC(NC(=O)Nc1ccccc1S)(C(F)(F)F)C(F)(F)F. The van der Waals surface area contributed by atoms with E-state index in [4.69, 9.17) is 0 Å². The number of carbonyl (C=O) groups excluding carboxylic acids is 1. The number of thiol groups is 1. The minimum atomic E-state index is -5.71. The normalized spacial score (nSPS) is 13.0. The van der Waals surface area contributed by atoms with E-state index in [0.29, 0.717) is 0 Å². The Morgan fingerprint density at radius 1 is 1.05 bits per heavy atom. The van der Waals surface area contributed by atoms with Crippen molar-refractivity contribution in [3.8, 4) is 0 Å². The van der Waals surface area contributed by atoms with Gasteiger partial charge in [0.25, 0.3) is 0 Å². The Kier molecular flexibility index (Phi) is 4.71. The summed E-state index contributed by atoms with van der Waals surface area (Å²) in [6.07, 6.45) is -11.4. The molecule has 0 saturated heterocycles. The van der Waals surface area contributed by atoms with Gasteiger partial charge in [-0.1, -0.05) is 12.1 Å². The second kappa shape index (κ2) is 5.66. The maximum Gasteiger partial charge on any atom is 0.420 e. The molecule has 118 valence electrons. The fourth-order valence-corrected chi connectivity index (χ4v) is 1.48. The molecular weight excluding hydrogens is 322 g/mol. The maximum absolute atomic E-state index is 12.6. The predicted octanol–water partition coefficient (Wildman–Crippen LogP) is 3.98. The number of anilines is 1. The van der Waals surface area contributed by atoms with Gasteiger partial charge in [0.05, 0.1) is 5.69 Å². The lowest BCUT2D eigenvalue weighted by atomic mass is 10.0. The van der Waals surface area contributed by atoms with Crippen molar-refractivity contribution in [1.29, 1.82) is 0 Å². The smallest absolute Gasteiger partial charge is 0.316 e. The third-order valence-corrected chi connectivity index (χ3v) is 3.04. The summed E-state index contributed by atoms with van der Waals surface area (Å²) in [5.74, 6) is 0. The van der Waals surface area contributed by atoms with Crippen LogP contribution in [0.1, 0.15) is 6.92 Å². The highest BCUT2D eigenvalue weighted by Gasteiger charge is 2.68. The number of amides is 2. The molecule has 0 fully saturated rings. The molecule has 1 aromatic carbocycles. The largest absolute Gasteiger partial charge is 0.420 e. The number of urea groups is 1. The summed E-state index contributed by atoms with van der Waals surface area (Å²) in [5, 5.41) is 2.80. The molecule has 3 nitrogen and oxygen atoms in total. The number of nitrogens with one attached hydrogen (secondary N) is 2. The molecule has 0 atom stereocenters. The molecule has 2 amide bonds. The molecule has 0 aliphatic rings. The summed E-state index contributed by atoms with van der Waals surface area (Å²) in [7, 11) is 0. The van der Waals surface area contributed by atoms with Gasteiger partial charge in [-0.25, -0.2) is 4.79 Å². The predicted molar refractivity (Wildman–Crippen MR) is 66.4 cm³/mol. The molecule has 0 saturated carbocycles. The highest BCUT2D eigenvalue weighted by molar-refractivity contribution is 7.80. The zero-order valence-electron chi connectivity index (χ0n) is 10.4. The first kappa shape index (κ1) is 17.5. The molecule has 0 heterocycles. The Morgan fingerprint density at radius 2 is 1.52 bits per heavy atom. The van der Waals surface area contributed by atoms with E-state index in [0.717, 1.165) is 5.32 Å². The van der Waals surface area contributed by atoms with Gasteiger partial charge in [-0.2, -0.15) is 26.3 Å². The Balaban J connectivity index is 2.96. The van der Waals surface area contributed by atoms with Gasteiger partial charge in [-0.15, -0.1) is 12.6 Å². The van der Waals surface area contributed by atoms with Gasteiger partial charge in [0.15, 0.2) is 0 Å². The molecule has 0 radical (unpaired) electrons. The summed E-state index contributed by atoms with van der Waals surface area (Å²) in [5.41, 5.74) is -4.39. The lowest BCUT2D eigenvalue weighted by Gasteiger charge is -2.34. The van der Waals surface area contributed by atoms with E-state index in [2.05, 4.69) is 12.6 Å². The molecule has 0 unspecified atom stereocenters. The van der Waals surface area contributed by atoms with Crippen LogP contribution in [0, 0.1) is 0 Å². The van der Waals surface area contributed by atoms with E-state index in [-0.39, 0.29) is 17.5 Å². The zero-order valence-corrected chi connectivity index (χ0v) is 11.3. The van der Waals surface area contributed by atoms with Crippen molar-refractivity contribution < 1.29 is 31.1 Å². The molecule has 1 rings (SSSR count). The van der Waals surface area contributed by atoms with Crippen molar-refractivity contribution in [2.75, 3.05) is 5.32 Å². The Hall–Kier alpha value is -1.58. The number of rotatable bonds is 2. The Labute approximate surface area is 121 Å². The maximum atomic E-state index is 12.6. The first-order valence-electron chi connectivity index (χ1n) is 5.39. The fourth-order valence-electron chi connectivity index (χ4n) is 1.26. The molecular formula is C11H10F6N2OS. The topological polar surface area (TPSA) is 41.1 Å². The van der Waals surface area contributed by atoms with Crippen molar-refractivity contribution in [1.82, 2.24) is 5.32 Å². The monoisotopic (exact) mass is 332 g/mol. The lowest BCUT2D eigenvalue weighted by molar-refractivity contribution is -0.297. The van der Waals surface area contributed by atoms with Crippen LogP contribution in [0.5, 0.6) is 0 Å². The molecule has 0 aliphatic heterocycles. The van der Waals surface area contributed by atoms with E-state index < -0.39 is 23.9 Å². The highest BCUT2D eigenvalue weighted by Crippen LogP contribution is 2.42. The van der Waals surface area contributed by atoms with E-state index in [1.54, 1.807) is 0 Å². The van der Waals surface area contributed by atoms with Crippen LogP contribution in [0.3, 0.4) is 0 Å². The van der Waals surface area contributed by atoms with Crippen LogP contribution in [0.25, 0.3) is 0 Å². The fraction of sp³-hybridized carbons (Fsp3) is 0.364. The van der Waals surface area contributed by atoms with Gasteiger partial charge >= 0.3 is 18.4 Å². The summed E-state index contributed by atoms with van der Waals surface area (Å²) in [6.45, 7) is -0.154. The second-order valence-electron chi connectivity index (χ2n) is 4.22. The summed E-state index contributed by atoms with van der Waals surface area (Å²) in [4.78, 5) is 11.6. The third kappa shape index (κ3) is 3.74. The van der Waals surface area contributed by atoms with Gasteiger partial charge in [-0.3, -0.25) is 0 Å². The van der Waals surface area contributed by atoms with Crippen molar-refractivity contribution in [3.05, 3.63) is 24.3 Å². The van der Waals surface area contributed by atoms with E-state index >= 15 is 0 Å². The van der Waals surface area contributed by atoms with E-state index in [1.807, 2.05) is 5.32 Å². The van der Waals surface area contributed by atoms with Crippen LogP contribution in [0.2, 0.25) is 0 Å². The minimum Gasteiger partial charge on any atom is -0.316 e. The number of hydrogen-bond donors (Lipinski definition) is 3. The Bertz CT molecular complexity index is 514. The number of halogens is 6. The quantitative estimate of drug-likeness (QED) is 0.556. The van der Waals surface area contributed by atoms with Crippen molar-refractivity contribution in [2.24, 2.45) is 0 Å². The van der Waals surface area contributed by atoms with Gasteiger partial charge in [0.2, 0.25) is 5.54 Å². The summed E-state index contributed by atoms with van der Waals surface area (Å²) < 4.78 is 75.6. The first-order valence-corrected chi connectivity index (χ1v) is 5.84. The summed E-state index contributed by atoms with van der Waals surface area (Å²) >= 11 is 3.91. The van der Waals surface area contributed by atoms with E-state index in [1.165, 1.54) is 24.3 Å². The van der Waals surface area contributed by atoms with Crippen LogP contribution in [0.4, 0.5) is 36.8 Å². The average Bonchev–Trinajstić information content (AvgIpc) is 2.29. The van der Waals surface area contributed by atoms with Gasteiger partial charge in [0, 0.05) is 4.90 Å². The molecule has 0 aliphatic carbocycles. The molecule has 0 bridgehead atoms. The standard InChI is InChI=1S/C11H10F6N2OS/c1-9(10(12,13)14,11(15,16)17)19-8(20)18-6-4-2-3-5-7(6)21/h2-5,21H,1H3,(H2,18,19,20). The average molecular weight is 332 g/mol.